The van der Waals surface area contributed by atoms with Crippen LogP contribution in [-0.4, -0.2) is 24.8 Å². The lowest BCUT2D eigenvalue weighted by Crippen LogP contribution is -2.17. The summed E-state index contributed by atoms with van der Waals surface area (Å²) in [6, 6.07) is 21.8. The summed E-state index contributed by atoms with van der Waals surface area (Å²) in [5.41, 5.74) is 2.01. The number of amides is 1. The molecule has 3 rings (SSSR count). The van der Waals surface area contributed by atoms with E-state index in [4.69, 9.17) is 0 Å². The fourth-order valence-electron chi connectivity index (χ4n) is 2.63. The molecule has 0 aliphatic carbocycles. The molecule has 0 radical (unpaired) electrons. The Labute approximate surface area is 156 Å². The second-order valence-corrected chi connectivity index (χ2v) is 5.76. The zero-order valence-electron chi connectivity index (χ0n) is 14.6. The van der Waals surface area contributed by atoms with Gasteiger partial charge in [0, 0.05) is 16.8 Å². The minimum atomic E-state index is -0.452. The molecule has 0 bridgehead atoms. The highest BCUT2D eigenvalue weighted by atomic mass is 16.5. The quantitative estimate of drug-likeness (QED) is 0.553. The Kier molecular flexibility index (Phi) is 5.42. The third kappa shape index (κ3) is 4.10. The van der Waals surface area contributed by atoms with Gasteiger partial charge in [-0.1, -0.05) is 48.5 Å². The van der Waals surface area contributed by atoms with E-state index >= 15 is 0 Å². The number of rotatable bonds is 5. The number of carbonyl (C=O) groups excluding carboxylic acids is 3. The molecule has 1 N–H and O–H groups in total. The Hall–Kier alpha value is -3.73. The van der Waals surface area contributed by atoms with E-state index in [0.29, 0.717) is 22.4 Å². The van der Waals surface area contributed by atoms with Gasteiger partial charge in [-0.15, -0.1) is 0 Å². The van der Waals surface area contributed by atoms with Gasteiger partial charge in [0.2, 0.25) is 0 Å². The van der Waals surface area contributed by atoms with Crippen molar-refractivity contribution in [3.8, 4) is 0 Å². The molecule has 0 spiro atoms. The monoisotopic (exact) mass is 359 g/mol. The summed E-state index contributed by atoms with van der Waals surface area (Å²) in [5, 5.41) is 2.75. The maximum Gasteiger partial charge on any atom is 0.337 e. The van der Waals surface area contributed by atoms with E-state index in [9.17, 15) is 14.4 Å². The summed E-state index contributed by atoms with van der Waals surface area (Å²) in [6.45, 7) is 0. The molecule has 0 saturated heterocycles. The molecule has 0 unspecified atom stereocenters. The Balaban J connectivity index is 1.83. The molecule has 1 amide bonds. The lowest BCUT2D eigenvalue weighted by Gasteiger charge is -2.10. The van der Waals surface area contributed by atoms with Gasteiger partial charge >= 0.3 is 5.97 Å². The normalized spacial score (nSPS) is 10.1. The fourth-order valence-corrected chi connectivity index (χ4v) is 2.63. The molecule has 5 heteroatoms. The molecule has 3 aromatic rings. The molecule has 0 saturated carbocycles. The van der Waals surface area contributed by atoms with Crippen molar-refractivity contribution in [1.82, 2.24) is 0 Å². The summed E-state index contributed by atoms with van der Waals surface area (Å²) in [5.74, 6) is -1.07. The van der Waals surface area contributed by atoms with Gasteiger partial charge in [-0.05, 0) is 30.3 Å². The van der Waals surface area contributed by atoms with Crippen LogP contribution in [-0.2, 0) is 4.74 Å². The van der Waals surface area contributed by atoms with E-state index in [0.717, 1.165) is 0 Å². The molecule has 0 atom stereocenters. The molecule has 3 aromatic carbocycles. The van der Waals surface area contributed by atoms with Crippen LogP contribution in [0.1, 0.15) is 36.6 Å². The van der Waals surface area contributed by atoms with E-state index in [2.05, 4.69) is 10.1 Å². The van der Waals surface area contributed by atoms with Gasteiger partial charge in [0.15, 0.2) is 5.78 Å². The van der Waals surface area contributed by atoms with Crippen LogP contribution in [0.4, 0.5) is 5.69 Å². The van der Waals surface area contributed by atoms with Crippen molar-refractivity contribution in [2.24, 2.45) is 0 Å². The minimum absolute atomic E-state index is 0.220. The number of benzene rings is 3. The minimum Gasteiger partial charge on any atom is -0.465 e. The molecule has 5 nitrogen and oxygen atoms in total. The van der Waals surface area contributed by atoms with Gasteiger partial charge in [-0.3, -0.25) is 9.59 Å². The SMILES string of the molecule is COC(=O)c1ccc(NC(=O)c2ccccc2C(=O)c2ccccc2)cc1. The number of nitrogens with one attached hydrogen (secondary N) is 1. The van der Waals surface area contributed by atoms with E-state index < -0.39 is 11.9 Å². The zero-order chi connectivity index (χ0) is 19.2. The first-order valence-corrected chi connectivity index (χ1v) is 8.28. The number of ether oxygens (including phenoxy) is 1. The van der Waals surface area contributed by atoms with Crippen LogP contribution in [0.15, 0.2) is 78.9 Å². The van der Waals surface area contributed by atoms with Crippen LogP contribution in [0, 0.1) is 0 Å². The fraction of sp³-hybridized carbons (Fsp3) is 0.0455. The molecule has 27 heavy (non-hydrogen) atoms. The molecule has 134 valence electrons. The molecule has 0 heterocycles. The Morgan fingerprint density at radius 1 is 0.704 bits per heavy atom. The number of ketones is 1. The average molecular weight is 359 g/mol. The summed E-state index contributed by atoms with van der Waals surface area (Å²) >= 11 is 0. The predicted molar refractivity (Wildman–Crippen MR) is 102 cm³/mol. The molecular weight excluding hydrogens is 342 g/mol. The van der Waals surface area contributed by atoms with Crippen LogP contribution < -0.4 is 5.32 Å². The molecular formula is C22H17NO4. The highest BCUT2D eigenvalue weighted by Gasteiger charge is 2.18. The average Bonchev–Trinajstić information content (AvgIpc) is 2.73. The zero-order valence-corrected chi connectivity index (χ0v) is 14.6. The second-order valence-electron chi connectivity index (χ2n) is 5.76. The first kappa shape index (κ1) is 18.1. The van der Waals surface area contributed by atoms with Gasteiger partial charge in [-0.2, -0.15) is 0 Å². The largest absolute Gasteiger partial charge is 0.465 e. The highest BCUT2D eigenvalue weighted by molar-refractivity contribution is 6.17. The van der Waals surface area contributed by atoms with E-state index in [-0.39, 0.29) is 11.3 Å². The van der Waals surface area contributed by atoms with Gasteiger partial charge < -0.3 is 10.1 Å². The van der Waals surface area contributed by atoms with Crippen LogP contribution in [0.2, 0.25) is 0 Å². The van der Waals surface area contributed by atoms with Gasteiger partial charge in [0.25, 0.3) is 5.91 Å². The van der Waals surface area contributed by atoms with Crippen molar-refractivity contribution in [3.05, 3.63) is 101 Å². The first-order chi connectivity index (χ1) is 13.1. The number of esters is 1. The number of hydrogen-bond acceptors (Lipinski definition) is 4. The Bertz CT molecular complexity index is 979. The van der Waals surface area contributed by atoms with Crippen LogP contribution in [0.25, 0.3) is 0 Å². The lowest BCUT2D eigenvalue weighted by molar-refractivity contribution is 0.0600. The summed E-state index contributed by atoms with van der Waals surface area (Å²) in [6.07, 6.45) is 0. The third-order valence-corrected chi connectivity index (χ3v) is 4.02. The maximum absolute atomic E-state index is 12.7. The van der Waals surface area contributed by atoms with Crippen molar-refractivity contribution in [3.63, 3.8) is 0 Å². The van der Waals surface area contributed by atoms with E-state index in [1.54, 1.807) is 72.8 Å². The van der Waals surface area contributed by atoms with Crippen LogP contribution >= 0.6 is 0 Å². The third-order valence-electron chi connectivity index (χ3n) is 4.02. The number of anilines is 1. The molecule has 0 aliphatic heterocycles. The number of methoxy groups -OCH3 is 1. The van der Waals surface area contributed by atoms with Crippen molar-refractivity contribution in [2.75, 3.05) is 12.4 Å². The van der Waals surface area contributed by atoms with E-state index in [1.807, 2.05) is 6.07 Å². The number of hydrogen-bond donors (Lipinski definition) is 1. The highest BCUT2D eigenvalue weighted by Crippen LogP contribution is 2.17. The van der Waals surface area contributed by atoms with Crippen molar-refractivity contribution in [2.45, 2.75) is 0 Å². The molecule has 0 aromatic heterocycles. The summed E-state index contributed by atoms with van der Waals surface area (Å²) in [4.78, 5) is 36.9. The van der Waals surface area contributed by atoms with Crippen LogP contribution in [0.3, 0.4) is 0 Å². The number of carbonyl (C=O) groups is 3. The van der Waals surface area contributed by atoms with Crippen molar-refractivity contribution < 1.29 is 19.1 Å². The predicted octanol–water partition coefficient (Wildman–Crippen LogP) is 3.96. The lowest BCUT2D eigenvalue weighted by atomic mass is 9.98. The van der Waals surface area contributed by atoms with Gasteiger partial charge in [-0.25, -0.2) is 4.79 Å². The van der Waals surface area contributed by atoms with Crippen molar-refractivity contribution in [1.29, 1.82) is 0 Å². The van der Waals surface area contributed by atoms with E-state index in [1.165, 1.54) is 7.11 Å². The topological polar surface area (TPSA) is 72.5 Å². The molecule has 0 fully saturated rings. The summed E-state index contributed by atoms with van der Waals surface area (Å²) in [7, 11) is 1.30. The summed E-state index contributed by atoms with van der Waals surface area (Å²) < 4.78 is 4.65. The first-order valence-electron chi connectivity index (χ1n) is 8.28. The Morgan fingerprint density at radius 2 is 1.30 bits per heavy atom. The molecule has 0 aliphatic rings. The van der Waals surface area contributed by atoms with Crippen molar-refractivity contribution >= 4 is 23.3 Å². The smallest absolute Gasteiger partial charge is 0.337 e. The van der Waals surface area contributed by atoms with Gasteiger partial charge in [0.1, 0.15) is 0 Å². The standard InChI is InChI=1S/C22H17NO4/c1-27-22(26)16-11-13-17(14-12-16)23-21(25)19-10-6-5-9-18(19)20(24)15-7-3-2-4-8-15/h2-14H,1H3,(H,23,25). The van der Waals surface area contributed by atoms with Gasteiger partial charge in [0.05, 0.1) is 18.2 Å². The maximum atomic E-state index is 12.7. The Morgan fingerprint density at radius 3 is 1.93 bits per heavy atom. The second kappa shape index (κ2) is 8.10. The van der Waals surface area contributed by atoms with Crippen LogP contribution in [0.5, 0.6) is 0 Å².